The van der Waals surface area contributed by atoms with Gasteiger partial charge in [0, 0.05) is 13.1 Å². The lowest BCUT2D eigenvalue weighted by Gasteiger charge is -2.27. The van der Waals surface area contributed by atoms with Crippen LogP contribution in [0.1, 0.15) is 11.3 Å². The maximum atomic E-state index is 9.23. The van der Waals surface area contributed by atoms with E-state index in [4.69, 9.17) is 5.73 Å². The third-order valence-corrected chi connectivity index (χ3v) is 3.16. The van der Waals surface area contributed by atoms with Crippen molar-refractivity contribution in [1.82, 2.24) is 25.3 Å². The van der Waals surface area contributed by atoms with Gasteiger partial charge in [0.15, 0.2) is 11.6 Å². The first kappa shape index (κ1) is 12.4. The number of nitriles is 1. The average Bonchev–Trinajstić information content (AvgIpc) is 2.71. The molecule has 3 rings (SSSR count). The number of nitrogens with two attached hydrogens (primary N) is 1. The Bertz CT molecular complexity index is 662. The number of nitrogens with zero attached hydrogens (tertiary/aromatic N) is 5. The fourth-order valence-electron chi connectivity index (χ4n) is 1.91. The predicted octanol–water partition coefficient (Wildman–Crippen LogP) is -0.192. The number of aromatic nitrogens is 4. The Hall–Kier alpha value is -2.66. The molecule has 0 unspecified atom stereocenters. The number of anilines is 2. The summed E-state index contributed by atoms with van der Waals surface area (Å²) in [6.07, 6.45) is 0. The van der Waals surface area contributed by atoms with E-state index in [0.717, 1.165) is 18.8 Å². The lowest BCUT2D eigenvalue weighted by Crippen LogP contribution is -2.51. The summed E-state index contributed by atoms with van der Waals surface area (Å²) >= 11 is 0. The van der Waals surface area contributed by atoms with Crippen LogP contribution < -0.4 is 16.4 Å². The largest absolute Gasteiger partial charge is 0.382 e. The Labute approximate surface area is 115 Å². The molecule has 0 saturated carbocycles. The zero-order valence-corrected chi connectivity index (χ0v) is 11.0. The van der Waals surface area contributed by atoms with E-state index in [2.05, 4.69) is 32.0 Å². The summed E-state index contributed by atoms with van der Waals surface area (Å²) < 4.78 is 1.43. The third-order valence-electron chi connectivity index (χ3n) is 3.16. The van der Waals surface area contributed by atoms with Gasteiger partial charge in [0.1, 0.15) is 17.5 Å². The molecular weight excluding hydrogens is 256 g/mol. The van der Waals surface area contributed by atoms with Gasteiger partial charge in [-0.3, -0.25) is 0 Å². The number of rotatable bonds is 3. The predicted molar refractivity (Wildman–Crippen MR) is 73.3 cm³/mol. The second-order valence-electron chi connectivity index (χ2n) is 4.66. The van der Waals surface area contributed by atoms with E-state index in [-0.39, 0.29) is 11.9 Å². The van der Waals surface area contributed by atoms with Crippen LogP contribution in [0.25, 0.3) is 5.82 Å². The van der Waals surface area contributed by atoms with Crippen LogP contribution in [-0.4, -0.2) is 39.1 Å². The van der Waals surface area contributed by atoms with E-state index in [1.54, 1.807) is 6.07 Å². The number of nitrogens with one attached hydrogen (secondary N) is 2. The van der Waals surface area contributed by atoms with Gasteiger partial charge in [-0.25, -0.2) is 0 Å². The van der Waals surface area contributed by atoms with Crippen molar-refractivity contribution in [3.63, 3.8) is 0 Å². The minimum Gasteiger partial charge on any atom is -0.382 e. The molecule has 0 bridgehead atoms. The highest BCUT2D eigenvalue weighted by molar-refractivity contribution is 5.66. The molecule has 102 valence electrons. The molecule has 1 saturated heterocycles. The standard InChI is InChI=1S/C12H14N8/c1-7-2-3-10(18-17-7)20-11(14)9(4-13)12(19-20)16-8-5-15-6-8/h2-3,8,15H,5-6,14H2,1H3,(H,16,19). The van der Waals surface area contributed by atoms with Gasteiger partial charge in [-0.1, -0.05) is 0 Å². The molecule has 8 heteroatoms. The monoisotopic (exact) mass is 270 g/mol. The van der Waals surface area contributed by atoms with Crippen LogP contribution in [0.4, 0.5) is 11.6 Å². The van der Waals surface area contributed by atoms with Crippen molar-refractivity contribution in [2.24, 2.45) is 0 Å². The van der Waals surface area contributed by atoms with Crippen LogP contribution in [-0.2, 0) is 0 Å². The highest BCUT2D eigenvalue weighted by Crippen LogP contribution is 2.24. The van der Waals surface area contributed by atoms with E-state index in [0.29, 0.717) is 17.2 Å². The topological polar surface area (TPSA) is 117 Å². The molecular formula is C12H14N8. The molecule has 20 heavy (non-hydrogen) atoms. The molecule has 3 heterocycles. The second-order valence-corrected chi connectivity index (χ2v) is 4.66. The molecule has 4 N–H and O–H groups in total. The smallest absolute Gasteiger partial charge is 0.178 e. The quantitative estimate of drug-likeness (QED) is 0.707. The van der Waals surface area contributed by atoms with Crippen LogP contribution in [0, 0.1) is 18.3 Å². The summed E-state index contributed by atoms with van der Waals surface area (Å²) in [6, 6.07) is 5.94. The van der Waals surface area contributed by atoms with Gasteiger partial charge in [0.05, 0.1) is 11.7 Å². The maximum absolute atomic E-state index is 9.23. The van der Waals surface area contributed by atoms with Gasteiger partial charge < -0.3 is 16.4 Å². The van der Waals surface area contributed by atoms with Crippen molar-refractivity contribution >= 4 is 11.6 Å². The zero-order valence-electron chi connectivity index (χ0n) is 11.0. The molecule has 0 atom stereocenters. The van der Waals surface area contributed by atoms with Crippen molar-refractivity contribution in [2.45, 2.75) is 13.0 Å². The summed E-state index contributed by atoms with van der Waals surface area (Å²) in [5.74, 6) is 1.24. The fraction of sp³-hybridized carbons (Fsp3) is 0.333. The first-order chi connectivity index (χ1) is 9.69. The summed E-state index contributed by atoms with van der Waals surface area (Å²) in [7, 11) is 0. The van der Waals surface area contributed by atoms with Gasteiger partial charge in [0.25, 0.3) is 0 Å². The summed E-state index contributed by atoms with van der Waals surface area (Å²) in [5.41, 5.74) is 7.11. The van der Waals surface area contributed by atoms with Crippen molar-refractivity contribution in [2.75, 3.05) is 24.1 Å². The molecule has 2 aromatic rings. The molecule has 8 nitrogen and oxygen atoms in total. The number of nitrogen functional groups attached to an aromatic ring is 1. The normalized spacial score (nSPS) is 14.6. The lowest BCUT2D eigenvalue weighted by molar-refractivity contribution is 0.470. The Morgan fingerprint density at radius 3 is 2.80 bits per heavy atom. The second kappa shape index (κ2) is 4.79. The van der Waals surface area contributed by atoms with E-state index >= 15 is 0 Å². The average molecular weight is 270 g/mol. The van der Waals surface area contributed by atoms with Gasteiger partial charge in [-0.2, -0.15) is 15.0 Å². The third kappa shape index (κ3) is 2.04. The first-order valence-electron chi connectivity index (χ1n) is 6.25. The molecule has 0 spiro atoms. The van der Waals surface area contributed by atoms with Gasteiger partial charge in [0.2, 0.25) is 0 Å². The highest BCUT2D eigenvalue weighted by Gasteiger charge is 2.23. The van der Waals surface area contributed by atoms with E-state index < -0.39 is 0 Å². The lowest BCUT2D eigenvalue weighted by atomic mass is 10.2. The summed E-state index contributed by atoms with van der Waals surface area (Å²) in [4.78, 5) is 0. The van der Waals surface area contributed by atoms with Crippen LogP contribution >= 0.6 is 0 Å². The maximum Gasteiger partial charge on any atom is 0.178 e. The SMILES string of the molecule is Cc1ccc(-n2nc(NC3CNC3)c(C#N)c2N)nn1. The number of aryl methyl sites for hydroxylation is 1. The Morgan fingerprint density at radius 1 is 1.45 bits per heavy atom. The minimum absolute atomic E-state index is 0.264. The minimum atomic E-state index is 0.264. The molecule has 2 aromatic heterocycles. The Morgan fingerprint density at radius 2 is 2.25 bits per heavy atom. The Balaban J connectivity index is 1.99. The molecule has 1 aliphatic heterocycles. The van der Waals surface area contributed by atoms with Crippen LogP contribution in [0.3, 0.4) is 0 Å². The highest BCUT2D eigenvalue weighted by atomic mass is 15.4. The Kier molecular flexibility index (Phi) is 2.96. The van der Waals surface area contributed by atoms with Gasteiger partial charge in [-0.05, 0) is 19.1 Å². The molecule has 0 radical (unpaired) electrons. The zero-order chi connectivity index (χ0) is 14.1. The molecule has 1 fully saturated rings. The summed E-state index contributed by atoms with van der Waals surface area (Å²) in [6.45, 7) is 3.55. The fourth-order valence-corrected chi connectivity index (χ4v) is 1.91. The molecule has 1 aliphatic rings. The van der Waals surface area contributed by atoms with Crippen LogP contribution in [0.2, 0.25) is 0 Å². The molecule has 0 aliphatic carbocycles. The van der Waals surface area contributed by atoms with Crippen LogP contribution in [0.5, 0.6) is 0 Å². The molecule has 0 aromatic carbocycles. The van der Waals surface area contributed by atoms with Crippen molar-refractivity contribution in [3.8, 4) is 11.9 Å². The van der Waals surface area contributed by atoms with Crippen molar-refractivity contribution < 1.29 is 0 Å². The molecule has 0 amide bonds. The number of hydrogen-bond acceptors (Lipinski definition) is 7. The van der Waals surface area contributed by atoms with Crippen molar-refractivity contribution in [1.29, 1.82) is 5.26 Å². The van der Waals surface area contributed by atoms with Gasteiger partial charge >= 0.3 is 0 Å². The summed E-state index contributed by atoms with van der Waals surface area (Å²) in [5, 5.41) is 27.9. The van der Waals surface area contributed by atoms with E-state index in [1.165, 1.54) is 4.68 Å². The first-order valence-corrected chi connectivity index (χ1v) is 6.25. The van der Waals surface area contributed by atoms with Crippen LogP contribution in [0.15, 0.2) is 12.1 Å². The number of hydrogen-bond donors (Lipinski definition) is 3. The van der Waals surface area contributed by atoms with Gasteiger partial charge in [-0.15, -0.1) is 10.2 Å². The van der Waals surface area contributed by atoms with E-state index in [1.807, 2.05) is 13.0 Å². The van der Waals surface area contributed by atoms with E-state index in [9.17, 15) is 5.26 Å². The van der Waals surface area contributed by atoms with Crippen molar-refractivity contribution in [3.05, 3.63) is 23.4 Å².